The van der Waals surface area contributed by atoms with Crippen molar-refractivity contribution in [2.45, 2.75) is 38.5 Å². The monoisotopic (exact) mass is 576 g/mol. The second-order valence-electron chi connectivity index (χ2n) is 10.7. The van der Waals surface area contributed by atoms with Gasteiger partial charge in [0.1, 0.15) is 12.7 Å². The first-order valence-electron chi connectivity index (χ1n) is 14.6. The fraction of sp³-hybridized carbons (Fsp3) is 0.250. The van der Waals surface area contributed by atoms with Gasteiger partial charge in [-0.15, -0.1) is 0 Å². The Kier molecular flexibility index (Phi) is 9.64. The Morgan fingerprint density at radius 3 is 2.23 bits per heavy atom. The maximum atomic E-state index is 13.6. The Morgan fingerprint density at radius 2 is 1.53 bits per heavy atom. The number of cyclic esters (lactones) is 1. The topological polar surface area (TPSA) is 76.2 Å². The highest BCUT2D eigenvalue weighted by Gasteiger charge is 2.41. The van der Waals surface area contributed by atoms with Crippen LogP contribution in [0.25, 0.3) is 11.1 Å². The minimum absolute atomic E-state index is 0.0256. The van der Waals surface area contributed by atoms with Gasteiger partial charge >= 0.3 is 6.09 Å². The maximum Gasteiger partial charge on any atom is 0.417 e. The normalized spacial score (nSPS) is 15.2. The van der Waals surface area contributed by atoms with Gasteiger partial charge in [-0.3, -0.25) is 9.59 Å². The summed E-state index contributed by atoms with van der Waals surface area (Å²) in [5, 5.41) is 0. The molecule has 1 saturated heterocycles. The maximum absolute atomic E-state index is 13.6. The molecule has 0 radical (unpaired) electrons. The van der Waals surface area contributed by atoms with Gasteiger partial charge in [0.15, 0.2) is 0 Å². The van der Waals surface area contributed by atoms with Crippen LogP contribution in [0, 0.1) is 0 Å². The van der Waals surface area contributed by atoms with Crippen LogP contribution in [0.4, 0.5) is 4.79 Å². The minimum atomic E-state index is -0.805. The highest BCUT2D eigenvalue weighted by Crippen LogP contribution is 2.24. The molecule has 0 spiro atoms. The number of rotatable bonds is 11. The van der Waals surface area contributed by atoms with Crippen LogP contribution in [-0.2, 0) is 33.7 Å². The average molecular weight is 577 g/mol. The molecule has 7 heteroatoms. The van der Waals surface area contributed by atoms with E-state index in [2.05, 4.69) is 6.07 Å². The number of hydrogen-bond donors (Lipinski definition) is 0. The Balaban J connectivity index is 1.25. The number of carbonyl (C=O) groups is 3. The molecular weight excluding hydrogens is 540 g/mol. The predicted molar refractivity (Wildman–Crippen MR) is 165 cm³/mol. The largest absolute Gasteiger partial charge is 0.447 e. The van der Waals surface area contributed by atoms with Crippen LogP contribution < -0.4 is 0 Å². The van der Waals surface area contributed by atoms with E-state index in [-0.39, 0.29) is 24.5 Å². The molecule has 2 atom stereocenters. The number of amides is 3. The fourth-order valence-electron chi connectivity index (χ4n) is 5.38. The summed E-state index contributed by atoms with van der Waals surface area (Å²) in [4.78, 5) is 41.9. The van der Waals surface area contributed by atoms with E-state index in [4.69, 9.17) is 9.47 Å². The predicted octanol–water partition coefficient (Wildman–Crippen LogP) is 6.16. The van der Waals surface area contributed by atoms with Gasteiger partial charge in [-0.2, -0.15) is 0 Å². The summed E-state index contributed by atoms with van der Waals surface area (Å²) in [6, 6.07) is 34.8. The van der Waals surface area contributed by atoms with E-state index in [1.807, 2.05) is 110 Å². The molecule has 3 amide bonds. The molecule has 5 rings (SSSR count). The quantitative estimate of drug-likeness (QED) is 0.214. The lowest BCUT2D eigenvalue weighted by Crippen LogP contribution is -2.47. The van der Waals surface area contributed by atoms with E-state index in [0.717, 1.165) is 27.8 Å². The second-order valence-corrected chi connectivity index (χ2v) is 10.7. The number of benzene rings is 4. The van der Waals surface area contributed by atoms with Crippen LogP contribution >= 0.6 is 0 Å². The van der Waals surface area contributed by atoms with Gasteiger partial charge in [0.2, 0.25) is 0 Å². The third-order valence-corrected chi connectivity index (χ3v) is 7.58. The van der Waals surface area contributed by atoms with E-state index in [1.54, 1.807) is 11.9 Å². The van der Waals surface area contributed by atoms with Crippen molar-refractivity contribution < 1.29 is 23.9 Å². The van der Waals surface area contributed by atoms with Gasteiger partial charge in [0.05, 0.1) is 6.04 Å². The first-order chi connectivity index (χ1) is 20.9. The fourth-order valence-corrected chi connectivity index (χ4v) is 5.38. The molecule has 0 aromatic heterocycles. The number of nitrogens with zero attached hydrogens (tertiary/aromatic N) is 2. The molecule has 7 nitrogen and oxygen atoms in total. The molecule has 4 aromatic rings. The van der Waals surface area contributed by atoms with Crippen LogP contribution in [0.5, 0.6) is 0 Å². The molecule has 1 heterocycles. The van der Waals surface area contributed by atoms with E-state index in [9.17, 15) is 14.4 Å². The van der Waals surface area contributed by atoms with Gasteiger partial charge in [-0.1, -0.05) is 91.0 Å². The van der Waals surface area contributed by atoms with Crippen molar-refractivity contribution in [1.29, 1.82) is 0 Å². The van der Waals surface area contributed by atoms with Crippen molar-refractivity contribution >= 4 is 17.9 Å². The summed E-state index contributed by atoms with van der Waals surface area (Å²) in [5.74, 6) is -0.404. The summed E-state index contributed by atoms with van der Waals surface area (Å²) in [6.07, 6.45) is -0.565. The third kappa shape index (κ3) is 7.37. The van der Waals surface area contributed by atoms with Crippen molar-refractivity contribution in [2.75, 3.05) is 20.3 Å². The van der Waals surface area contributed by atoms with Crippen molar-refractivity contribution in [3.63, 3.8) is 0 Å². The number of ether oxygens (including phenoxy) is 2. The number of hydrogen-bond acceptors (Lipinski definition) is 5. The number of imide groups is 1. The van der Waals surface area contributed by atoms with E-state index < -0.39 is 12.2 Å². The van der Waals surface area contributed by atoms with Gasteiger partial charge in [0.25, 0.3) is 11.8 Å². The highest BCUT2D eigenvalue weighted by molar-refractivity contribution is 5.96. The molecule has 0 aliphatic carbocycles. The summed E-state index contributed by atoms with van der Waals surface area (Å²) in [6.45, 7) is 2.84. The standard InChI is InChI=1S/C36H36N2O5/c1-3-42-33(35(40)38-32(25-43-36(38)41)22-26-11-6-4-7-12-26)23-27-17-19-29(20-18-27)31-16-10-13-28(21-31)24-37(2)34(39)30-14-8-5-9-15-30/h4-21,32-33H,3,22-25H2,1-2H3/t32-,33-/m0/s1. The Hall–Kier alpha value is -4.75. The highest BCUT2D eigenvalue weighted by atomic mass is 16.6. The summed E-state index contributed by atoms with van der Waals surface area (Å²) in [5.41, 5.74) is 5.70. The lowest BCUT2D eigenvalue weighted by Gasteiger charge is -2.25. The molecule has 0 N–H and O–H groups in total. The molecule has 1 aliphatic heterocycles. The molecule has 0 bridgehead atoms. The van der Waals surface area contributed by atoms with Crippen molar-refractivity contribution in [3.8, 4) is 11.1 Å². The Morgan fingerprint density at radius 1 is 0.860 bits per heavy atom. The Bertz CT molecular complexity index is 1540. The minimum Gasteiger partial charge on any atom is -0.447 e. The molecule has 0 saturated carbocycles. The molecule has 43 heavy (non-hydrogen) atoms. The zero-order valence-electron chi connectivity index (χ0n) is 24.5. The van der Waals surface area contributed by atoms with Gasteiger partial charge in [-0.05, 0) is 59.4 Å². The molecular formula is C36H36N2O5. The average Bonchev–Trinajstić information content (AvgIpc) is 3.40. The van der Waals surface area contributed by atoms with E-state index >= 15 is 0 Å². The molecule has 220 valence electrons. The van der Waals surface area contributed by atoms with Crippen LogP contribution in [-0.4, -0.2) is 60.1 Å². The zero-order valence-corrected chi connectivity index (χ0v) is 24.5. The van der Waals surface area contributed by atoms with Crippen LogP contribution in [0.3, 0.4) is 0 Å². The first kappa shape index (κ1) is 29.7. The zero-order chi connectivity index (χ0) is 30.2. The summed E-state index contributed by atoms with van der Waals surface area (Å²) >= 11 is 0. The van der Waals surface area contributed by atoms with Crippen LogP contribution in [0.1, 0.15) is 34.0 Å². The lowest BCUT2D eigenvalue weighted by molar-refractivity contribution is -0.141. The smallest absolute Gasteiger partial charge is 0.417 e. The van der Waals surface area contributed by atoms with Crippen molar-refractivity contribution in [3.05, 3.63) is 131 Å². The summed E-state index contributed by atoms with van der Waals surface area (Å²) in [7, 11) is 1.80. The van der Waals surface area contributed by atoms with E-state index in [1.165, 1.54) is 4.90 Å². The van der Waals surface area contributed by atoms with Gasteiger partial charge in [-0.25, -0.2) is 9.69 Å². The third-order valence-electron chi connectivity index (χ3n) is 7.58. The van der Waals surface area contributed by atoms with Gasteiger partial charge in [0, 0.05) is 32.2 Å². The van der Waals surface area contributed by atoms with Crippen molar-refractivity contribution in [2.24, 2.45) is 0 Å². The molecule has 1 fully saturated rings. The van der Waals surface area contributed by atoms with E-state index in [0.29, 0.717) is 31.6 Å². The Labute approximate surface area is 252 Å². The van der Waals surface area contributed by atoms with Crippen LogP contribution in [0.2, 0.25) is 0 Å². The molecule has 1 aliphatic rings. The van der Waals surface area contributed by atoms with Gasteiger partial charge < -0.3 is 14.4 Å². The summed E-state index contributed by atoms with van der Waals surface area (Å²) < 4.78 is 11.1. The molecule has 0 unspecified atom stereocenters. The molecule has 4 aromatic carbocycles. The lowest BCUT2D eigenvalue weighted by atomic mass is 9.99. The second kappa shape index (κ2) is 13.9. The first-order valence-corrected chi connectivity index (χ1v) is 14.6. The van der Waals surface area contributed by atoms with Crippen molar-refractivity contribution in [1.82, 2.24) is 9.80 Å². The van der Waals surface area contributed by atoms with Crippen LogP contribution in [0.15, 0.2) is 109 Å². The number of carbonyl (C=O) groups excluding carboxylic acids is 3. The SMILES string of the molecule is CCO[C@@H](Cc1ccc(-c2cccc(CN(C)C(=O)c3ccccc3)c2)cc1)C(=O)N1C(=O)OC[C@@H]1Cc1ccccc1.